The lowest BCUT2D eigenvalue weighted by atomic mass is 9.94. The van der Waals surface area contributed by atoms with Crippen molar-refractivity contribution in [1.29, 1.82) is 0 Å². The van der Waals surface area contributed by atoms with Gasteiger partial charge in [0, 0.05) is 38.4 Å². The molecule has 0 saturated carbocycles. The highest BCUT2D eigenvalue weighted by Crippen LogP contribution is 2.25. The summed E-state index contributed by atoms with van der Waals surface area (Å²) >= 11 is 0. The van der Waals surface area contributed by atoms with Gasteiger partial charge < -0.3 is 15.1 Å². The fourth-order valence-corrected chi connectivity index (χ4v) is 4.60. The topological polar surface area (TPSA) is 35.6 Å². The second-order valence-electron chi connectivity index (χ2n) is 10.1. The minimum Gasteiger partial charge on any atom is -0.364 e. The smallest absolute Gasteiger partial charge is 0.242 e. The first-order valence-corrected chi connectivity index (χ1v) is 14.5. The van der Waals surface area contributed by atoms with Gasteiger partial charge in [0.15, 0.2) is 0 Å². The molecule has 0 atom stereocenters. The van der Waals surface area contributed by atoms with Crippen LogP contribution in [0, 0.1) is 25.7 Å². The second-order valence-corrected chi connectivity index (χ2v) is 10.1. The zero-order chi connectivity index (χ0) is 29.6. The molecule has 0 spiro atoms. The molecule has 1 amide bonds. The molecule has 4 nitrogen and oxygen atoms in total. The fourth-order valence-electron chi connectivity index (χ4n) is 4.60. The van der Waals surface area contributed by atoms with Crippen LogP contribution >= 0.6 is 0 Å². The molecule has 0 bridgehead atoms. The third kappa shape index (κ3) is 14.6. The SMILES string of the molecule is C#C.C/C=C\C(=C/C)CC.C=C(CNCc1ccc(C)cc1)CN1CCN(C(=C)C(CCC)CCC)CC1=O. The lowest BCUT2D eigenvalue weighted by Gasteiger charge is -2.39. The number of nitrogens with one attached hydrogen (secondary N) is 1. The van der Waals surface area contributed by atoms with Crippen molar-refractivity contribution in [2.24, 2.45) is 5.92 Å². The van der Waals surface area contributed by atoms with Gasteiger partial charge >= 0.3 is 0 Å². The Kier molecular flexibility index (Phi) is 20.2. The van der Waals surface area contributed by atoms with Gasteiger partial charge in [-0.15, -0.1) is 12.8 Å². The fraction of sp³-hybridized carbons (Fsp3) is 0.514. The second kappa shape index (κ2) is 21.9. The summed E-state index contributed by atoms with van der Waals surface area (Å²) in [5, 5.41) is 3.43. The number of benzene rings is 1. The minimum absolute atomic E-state index is 0.184. The van der Waals surface area contributed by atoms with E-state index in [1.807, 2.05) is 11.8 Å². The molecule has 0 radical (unpaired) electrons. The molecular weight excluding hydrogens is 478 g/mol. The van der Waals surface area contributed by atoms with Crippen LogP contribution < -0.4 is 5.32 Å². The molecular formula is C35H55N3O. The number of hydrogen-bond donors (Lipinski definition) is 1. The number of amides is 1. The van der Waals surface area contributed by atoms with E-state index in [-0.39, 0.29) is 5.91 Å². The molecule has 1 saturated heterocycles. The van der Waals surface area contributed by atoms with Crippen LogP contribution in [-0.2, 0) is 11.3 Å². The van der Waals surface area contributed by atoms with E-state index in [2.05, 4.69) is 113 Å². The summed E-state index contributed by atoms with van der Waals surface area (Å²) in [6, 6.07) is 8.54. The highest BCUT2D eigenvalue weighted by atomic mass is 16.2. The summed E-state index contributed by atoms with van der Waals surface area (Å²) in [5.41, 5.74) is 6.15. The Labute approximate surface area is 240 Å². The van der Waals surface area contributed by atoms with Crippen molar-refractivity contribution >= 4 is 5.91 Å². The Morgan fingerprint density at radius 3 is 2.13 bits per heavy atom. The first-order valence-electron chi connectivity index (χ1n) is 14.5. The number of nitrogens with zero attached hydrogens (tertiary/aromatic N) is 2. The highest BCUT2D eigenvalue weighted by Gasteiger charge is 2.27. The monoisotopic (exact) mass is 533 g/mol. The van der Waals surface area contributed by atoms with Crippen LogP contribution in [0.25, 0.3) is 0 Å². The minimum atomic E-state index is 0.184. The average molecular weight is 534 g/mol. The normalized spacial score (nSPS) is 13.6. The van der Waals surface area contributed by atoms with Gasteiger partial charge in [0.2, 0.25) is 5.91 Å². The van der Waals surface area contributed by atoms with E-state index in [0.717, 1.165) is 69.6 Å². The van der Waals surface area contributed by atoms with E-state index in [1.54, 1.807) is 0 Å². The highest BCUT2D eigenvalue weighted by molar-refractivity contribution is 5.79. The van der Waals surface area contributed by atoms with Gasteiger partial charge in [-0.1, -0.05) is 100 Å². The zero-order valence-corrected chi connectivity index (χ0v) is 25.8. The number of hydrogen-bond acceptors (Lipinski definition) is 3. The van der Waals surface area contributed by atoms with Crippen LogP contribution in [0.15, 0.2) is 72.5 Å². The molecule has 4 heteroatoms. The van der Waals surface area contributed by atoms with Gasteiger partial charge in [-0.2, -0.15) is 0 Å². The summed E-state index contributed by atoms with van der Waals surface area (Å²) < 4.78 is 0. The van der Waals surface area contributed by atoms with Crippen LogP contribution in [0.4, 0.5) is 0 Å². The van der Waals surface area contributed by atoms with Crippen molar-refractivity contribution < 1.29 is 4.79 Å². The lowest BCUT2D eigenvalue weighted by molar-refractivity contribution is -0.134. The molecule has 0 aliphatic carbocycles. The number of allylic oxidation sites excluding steroid dienone is 5. The Morgan fingerprint density at radius 2 is 1.67 bits per heavy atom. The van der Waals surface area contributed by atoms with Crippen LogP contribution in [0.5, 0.6) is 0 Å². The summed E-state index contributed by atoms with van der Waals surface area (Å²) in [6.07, 6.45) is 20.1. The summed E-state index contributed by atoms with van der Waals surface area (Å²) in [5.74, 6) is 0.689. The van der Waals surface area contributed by atoms with Crippen molar-refractivity contribution in [3.63, 3.8) is 0 Å². The third-order valence-electron chi connectivity index (χ3n) is 6.87. The Balaban J connectivity index is 0.00000124. The van der Waals surface area contributed by atoms with Crippen LogP contribution in [0.1, 0.15) is 77.8 Å². The number of piperazine rings is 1. The molecule has 1 aromatic carbocycles. The van der Waals surface area contributed by atoms with Crippen molar-refractivity contribution in [2.75, 3.05) is 32.7 Å². The van der Waals surface area contributed by atoms with Gasteiger partial charge in [0.1, 0.15) is 0 Å². The van der Waals surface area contributed by atoms with Crippen LogP contribution in [0.3, 0.4) is 0 Å². The number of aryl methyl sites for hydroxylation is 1. The number of carbonyl (C=O) groups excluding carboxylic acids is 1. The molecule has 1 aromatic rings. The van der Waals surface area contributed by atoms with Gasteiger partial charge in [0.05, 0.1) is 6.54 Å². The van der Waals surface area contributed by atoms with E-state index in [9.17, 15) is 4.79 Å². The Bertz CT molecular complexity index is 914. The predicted molar refractivity (Wildman–Crippen MR) is 171 cm³/mol. The molecule has 1 aliphatic heterocycles. The molecule has 1 heterocycles. The summed E-state index contributed by atoms with van der Waals surface area (Å²) in [7, 11) is 0. The Hall–Kier alpha value is -3.03. The first kappa shape index (κ1) is 36.0. The molecule has 0 unspecified atom stereocenters. The maximum Gasteiger partial charge on any atom is 0.242 e. The van der Waals surface area contributed by atoms with Crippen molar-refractivity contribution in [3.8, 4) is 12.8 Å². The van der Waals surface area contributed by atoms with Gasteiger partial charge in [-0.05, 0) is 57.1 Å². The van der Waals surface area contributed by atoms with Gasteiger partial charge in [-0.3, -0.25) is 4.79 Å². The molecule has 216 valence electrons. The predicted octanol–water partition coefficient (Wildman–Crippen LogP) is 7.68. The maximum atomic E-state index is 12.7. The quantitative estimate of drug-likeness (QED) is 0.151. The third-order valence-corrected chi connectivity index (χ3v) is 6.87. The summed E-state index contributed by atoms with van der Waals surface area (Å²) in [4.78, 5) is 16.8. The molecule has 2 rings (SSSR count). The molecule has 1 aliphatic rings. The van der Waals surface area contributed by atoms with Crippen LogP contribution in [-0.4, -0.2) is 48.4 Å². The average Bonchev–Trinajstić information content (AvgIpc) is 2.95. The lowest BCUT2D eigenvalue weighted by Crippen LogP contribution is -2.51. The number of rotatable bonds is 14. The molecule has 0 aromatic heterocycles. The maximum absolute atomic E-state index is 12.7. The van der Waals surface area contributed by atoms with Crippen molar-refractivity contribution in [2.45, 2.75) is 80.2 Å². The van der Waals surface area contributed by atoms with E-state index in [0.29, 0.717) is 19.0 Å². The van der Waals surface area contributed by atoms with E-state index in [4.69, 9.17) is 0 Å². The molecule has 1 fully saturated rings. The van der Waals surface area contributed by atoms with Gasteiger partial charge in [0.25, 0.3) is 0 Å². The number of terminal acetylenes is 1. The molecule has 39 heavy (non-hydrogen) atoms. The van der Waals surface area contributed by atoms with E-state index in [1.165, 1.54) is 16.7 Å². The Morgan fingerprint density at radius 1 is 1.05 bits per heavy atom. The van der Waals surface area contributed by atoms with Crippen LogP contribution in [0.2, 0.25) is 0 Å². The largest absolute Gasteiger partial charge is 0.364 e. The molecule has 1 N–H and O–H groups in total. The van der Waals surface area contributed by atoms with E-state index >= 15 is 0 Å². The summed E-state index contributed by atoms with van der Waals surface area (Å²) in [6.45, 7) is 25.6. The first-order chi connectivity index (χ1) is 18.8. The van der Waals surface area contributed by atoms with Crippen molar-refractivity contribution in [3.05, 3.63) is 83.6 Å². The van der Waals surface area contributed by atoms with Gasteiger partial charge in [-0.25, -0.2) is 0 Å². The van der Waals surface area contributed by atoms with E-state index < -0.39 is 0 Å². The number of carbonyl (C=O) groups is 1. The standard InChI is InChI=1S/C25H39N3O.C8H14.C2H2/c1-6-8-24(9-7-2)22(5)27-14-15-28(25(29)19-27)18-21(4)16-26-17-23-12-10-20(3)11-13-23;1-4-7-8(5-2)6-3;1-2/h10-13,24,26H,4-9,14-19H2,1-3H3;4-5,7H,6H2,1-3H3;1-2H/b;7-4-,8-5-;. The van der Waals surface area contributed by atoms with Crippen molar-refractivity contribution in [1.82, 2.24) is 15.1 Å². The zero-order valence-electron chi connectivity index (χ0n) is 25.8.